The van der Waals surface area contributed by atoms with Crippen molar-refractivity contribution in [1.82, 2.24) is 23.3 Å². The van der Waals surface area contributed by atoms with Gasteiger partial charge in [0.15, 0.2) is 0 Å². The summed E-state index contributed by atoms with van der Waals surface area (Å²) in [5.41, 5.74) is 18.5. The van der Waals surface area contributed by atoms with Crippen molar-refractivity contribution in [2.75, 3.05) is 0 Å². The number of nitrogens with zero attached hydrogens (tertiary/aromatic N) is 8. The summed E-state index contributed by atoms with van der Waals surface area (Å²) in [5.74, 6) is 0. The smallest absolute Gasteiger partial charge is 0.101 e. The monoisotopic (exact) mass is 1220 g/mol. The maximum Gasteiger partial charge on any atom is 0.101 e. The third-order valence-corrected chi connectivity index (χ3v) is 19.6. The Labute approximate surface area is 550 Å². The van der Waals surface area contributed by atoms with Crippen molar-refractivity contribution >= 4 is 109 Å². The summed E-state index contributed by atoms with van der Waals surface area (Å²) in [6, 6.07) is 114. The molecule has 0 N–H and O–H groups in total. The summed E-state index contributed by atoms with van der Waals surface area (Å²) in [7, 11) is 0. The van der Waals surface area contributed by atoms with E-state index in [-0.39, 0.29) is 0 Å². The van der Waals surface area contributed by atoms with Gasteiger partial charge in [0.2, 0.25) is 0 Å². The van der Waals surface area contributed by atoms with E-state index in [0.717, 1.165) is 159 Å². The molecular weight excluding hydrogens is 1170 g/mol. The summed E-state index contributed by atoms with van der Waals surface area (Å²) in [6.45, 7) is 0. The van der Waals surface area contributed by atoms with Gasteiger partial charge in [0.05, 0.1) is 107 Å². The van der Waals surface area contributed by atoms with Gasteiger partial charge in [0, 0.05) is 87.2 Å². The fourth-order valence-electron chi connectivity index (χ4n) is 15.7. The molecule has 0 bridgehead atoms. The van der Waals surface area contributed by atoms with Gasteiger partial charge < -0.3 is 18.3 Å². The van der Waals surface area contributed by atoms with Gasteiger partial charge in [-0.25, -0.2) is 4.98 Å². The Balaban J connectivity index is 1.13. The average Bonchev–Trinajstić information content (AvgIpc) is 1.44. The van der Waals surface area contributed by atoms with Gasteiger partial charge in [-0.2, -0.15) is 15.8 Å². The van der Waals surface area contributed by atoms with Crippen LogP contribution in [-0.4, -0.2) is 23.3 Å². The maximum absolute atomic E-state index is 13.4. The lowest BCUT2D eigenvalue weighted by atomic mass is 9.83. The first-order valence-electron chi connectivity index (χ1n) is 32.1. The van der Waals surface area contributed by atoms with E-state index in [0.29, 0.717) is 33.5 Å². The summed E-state index contributed by atoms with van der Waals surface area (Å²) in [6.07, 6.45) is 0. The number of benzene rings is 14. The maximum atomic E-state index is 13.4. The van der Waals surface area contributed by atoms with Crippen LogP contribution in [0.3, 0.4) is 0 Å². The highest BCUT2D eigenvalue weighted by Crippen LogP contribution is 2.55. The van der Waals surface area contributed by atoms with E-state index in [2.05, 4.69) is 297 Å². The second-order valence-corrected chi connectivity index (χ2v) is 24.6. The van der Waals surface area contributed by atoms with Crippen molar-refractivity contribution in [3.63, 3.8) is 0 Å². The van der Waals surface area contributed by atoms with Crippen molar-refractivity contribution in [2.45, 2.75) is 0 Å². The lowest BCUT2D eigenvalue weighted by Gasteiger charge is -2.30. The van der Waals surface area contributed by atoms with E-state index >= 15 is 0 Å². The number of fused-ring (bicyclic) bond motifs is 16. The summed E-state index contributed by atoms with van der Waals surface area (Å²) in [5, 5.41) is 46.7. The van der Waals surface area contributed by atoms with Crippen LogP contribution in [-0.2, 0) is 0 Å². The highest BCUT2D eigenvalue weighted by molar-refractivity contribution is 6.23. The Hall–Kier alpha value is -13.6. The molecule has 0 aliphatic heterocycles. The second kappa shape index (κ2) is 21.2. The highest BCUT2D eigenvalue weighted by atomic mass is 15.1. The van der Waals surface area contributed by atoms with Crippen molar-refractivity contribution in [3.05, 3.63) is 320 Å². The Bertz CT molecular complexity index is 6690. The van der Waals surface area contributed by atoms with Crippen molar-refractivity contribution in [2.24, 2.45) is 0 Å². The number of aromatic nitrogens is 5. The number of hydrogen-bond acceptors (Lipinski definition) is 4. The minimum Gasteiger partial charge on any atom is -0.309 e. The standard InChI is InChI=1S/C88H50N8/c89-51-54-41-47-80-69(49-54)63-29-10-14-35-74(63)93(80)78-39-18-12-31-67(78)82-71(53-91)83(73-34-20-33-72(92-73)58-23-2-1-3-24-58)84(68-32-13-19-40-79(68)94-75-36-15-11-30-64(75)70-50-55(52-90)42-48-81(70)94)88(96-77-38-17-9-28-62(77)66-46-44-57-22-5-7-26-60(57)86(66)96)87(82)95-76-37-16-8-27-61(76)65-45-43-56-21-4-6-25-59(56)85(65)95/h1-50H. The van der Waals surface area contributed by atoms with E-state index in [4.69, 9.17) is 4.98 Å². The van der Waals surface area contributed by atoms with Gasteiger partial charge >= 0.3 is 0 Å². The van der Waals surface area contributed by atoms with Crippen LogP contribution < -0.4 is 0 Å². The minimum absolute atomic E-state index is 0.411. The number of nitriles is 3. The van der Waals surface area contributed by atoms with Gasteiger partial charge in [0.25, 0.3) is 0 Å². The third kappa shape index (κ3) is 7.84. The number of para-hydroxylation sites is 6. The third-order valence-electron chi connectivity index (χ3n) is 19.6. The zero-order chi connectivity index (χ0) is 63.7. The van der Waals surface area contributed by atoms with Gasteiger partial charge in [-0.15, -0.1) is 0 Å². The molecule has 96 heavy (non-hydrogen) atoms. The molecule has 442 valence electrons. The lowest BCUT2D eigenvalue weighted by molar-refractivity contribution is 1.09. The van der Waals surface area contributed by atoms with Crippen molar-refractivity contribution in [3.8, 4) is 85.7 Å². The zero-order valence-electron chi connectivity index (χ0n) is 51.4. The summed E-state index contributed by atoms with van der Waals surface area (Å²) in [4.78, 5) is 5.82. The first-order valence-corrected chi connectivity index (χ1v) is 32.1. The molecule has 8 heteroatoms. The molecule has 0 unspecified atom stereocenters. The molecule has 8 nitrogen and oxygen atoms in total. The molecule has 0 saturated heterocycles. The molecule has 0 aliphatic carbocycles. The summed E-state index contributed by atoms with van der Waals surface area (Å²) < 4.78 is 9.66. The number of pyridine rings is 1. The first-order chi connectivity index (χ1) is 47.6. The SMILES string of the molecule is N#Cc1ccc2c(c1)c1ccccc1n2-c1ccccc1-c1c(C#N)c(-c2cccc(-c3ccccc3)n2)c(-c2ccccc2-n2c3ccccc3c3cc(C#N)ccc32)c(-n2c3ccccc3c3ccc4ccccc4c32)c1-n1c2ccccc2c2ccc3ccccc3c21. The predicted molar refractivity (Wildman–Crippen MR) is 392 cm³/mol. The van der Waals surface area contributed by atoms with Crippen LogP contribution >= 0.6 is 0 Å². The van der Waals surface area contributed by atoms with E-state index < -0.39 is 0 Å². The van der Waals surface area contributed by atoms with Crippen LogP contribution in [0.4, 0.5) is 0 Å². The molecule has 0 atom stereocenters. The van der Waals surface area contributed by atoms with Crippen LogP contribution in [0.5, 0.6) is 0 Å². The molecule has 0 aliphatic rings. The van der Waals surface area contributed by atoms with E-state index in [1.54, 1.807) is 0 Å². The average molecular weight is 1220 g/mol. The molecule has 19 aromatic rings. The van der Waals surface area contributed by atoms with Crippen LogP contribution in [0.2, 0.25) is 0 Å². The van der Waals surface area contributed by atoms with Crippen molar-refractivity contribution < 1.29 is 0 Å². The molecule has 5 heterocycles. The highest BCUT2D eigenvalue weighted by Gasteiger charge is 2.36. The Morgan fingerprint density at radius 1 is 0.260 bits per heavy atom. The fourth-order valence-corrected chi connectivity index (χ4v) is 15.7. The van der Waals surface area contributed by atoms with E-state index in [1.165, 1.54) is 0 Å². The van der Waals surface area contributed by atoms with Crippen LogP contribution in [0, 0.1) is 34.0 Å². The normalized spacial score (nSPS) is 11.7. The Kier molecular flexibility index (Phi) is 12.0. The van der Waals surface area contributed by atoms with Gasteiger partial charge in [-0.3, -0.25) is 0 Å². The first kappa shape index (κ1) is 54.2. The second-order valence-electron chi connectivity index (χ2n) is 24.6. The minimum atomic E-state index is 0.411. The van der Waals surface area contributed by atoms with Gasteiger partial charge in [0.1, 0.15) is 6.07 Å². The molecular formula is C88H50N8. The molecule has 0 fully saturated rings. The quantitative estimate of drug-likeness (QED) is 0.151. The van der Waals surface area contributed by atoms with Crippen molar-refractivity contribution in [1.29, 1.82) is 15.8 Å². The Morgan fingerprint density at radius 3 is 1.16 bits per heavy atom. The number of hydrogen-bond donors (Lipinski definition) is 0. The molecule has 19 rings (SSSR count). The van der Waals surface area contributed by atoms with Crippen LogP contribution in [0.15, 0.2) is 303 Å². The fraction of sp³-hybridized carbons (Fsp3) is 0. The largest absolute Gasteiger partial charge is 0.309 e. The van der Waals surface area contributed by atoms with E-state index in [9.17, 15) is 15.8 Å². The van der Waals surface area contributed by atoms with E-state index in [1.807, 2.05) is 42.5 Å². The van der Waals surface area contributed by atoms with Gasteiger partial charge in [-0.05, 0) is 95.7 Å². The molecule has 0 saturated carbocycles. The summed E-state index contributed by atoms with van der Waals surface area (Å²) >= 11 is 0. The molecule has 0 amide bonds. The molecule has 5 aromatic heterocycles. The van der Waals surface area contributed by atoms with Crippen LogP contribution in [0.1, 0.15) is 16.7 Å². The topological polar surface area (TPSA) is 104 Å². The Morgan fingerprint density at radius 2 is 0.656 bits per heavy atom. The zero-order valence-corrected chi connectivity index (χ0v) is 51.4. The molecule has 14 aromatic carbocycles. The predicted octanol–water partition coefficient (Wildman–Crippen LogP) is 22.1. The van der Waals surface area contributed by atoms with Crippen LogP contribution in [0.25, 0.3) is 176 Å². The van der Waals surface area contributed by atoms with Gasteiger partial charge in [-0.1, -0.05) is 218 Å². The molecule has 0 spiro atoms. The lowest BCUT2D eigenvalue weighted by Crippen LogP contribution is -2.13. The number of rotatable bonds is 8. The molecule has 0 radical (unpaired) electrons.